The van der Waals surface area contributed by atoms with Gasteiger partial charge in [-0.3, -0.25) is 15.1 Å². The van der Waals surface area contributed by atoms with Crippen molar-refractivity contribution in [3.05, 3.63) is 23.2 Å². The SMILES string of the molecule is CCCC1CCCN(Cc2cc(C(=O)NN)c(C)o2)CC1. The molecule has 21 heavy (non-hydrogen) atoms. The molecule has 0 aromatic carbocycles. The van der Waals surface area contributed by atoms with Crippen LogP contribution in [-0.2, 0) is 6.54 Å². The van der Waals surface area contributed by atoms with E-state index >= 15 is 0 Å². The Morgan fingerprint density at radius 2 is 2.29 bits per heavy atom. The average molecular weight is 293 g/mol. The minimum Gasteiger partial charge on any atom is -0.464 e. The Morgan fingerprint density at radius 3 is 3.00 bits per heavy atom. The Labute approximate surface area is 126 Å². The van der Waals surface area contributed by atoms with Crippen LogP contribution in [0.5, 0.6) is 0 Å². The van der Waals surface area contributed by atoms with Crippen LogP contribution in [0, 0.1) is 12.8 Å². The van der Waals surface area contributed by atoms with E-state index in [4.69, 9.17) is 10.3 Å². The van der Waals surface area contributed by atoms with Gasteiger partial charge in [-0.05, 0) is 51.3 Å². The standard InChI is InChI=1S/C16H27N3O2/c1-3-5-13-6-4-8-19(9-7-13)11-14-10-15(12(2)21-14)16(20)18-17/h10,13H,3-9,11,17H2,1-2H3,(H,18,20). The number of hydrogen-bond donors (Lipinski definition) is 2. The molecule has 5 heteroatoms. The maximum atomic E-state index is 11.6. The van der Waals surface area contributed by atoms with Gasteiger partial charge in [0.25, 0.3) is 5.91 Å². The molecule has 118 valence electrons. The third-order valence-electron chi connectivity index (χ3n) is 4.36. The predicted octanol–water partition coefficient (Wildman–Crippen LogP) is 2.59. The molecule has 1 amide bonds. The van der Waals surface area contributed by atoms with Crippen LogP contribution < -0.4 is 11.3 Å². The molecule has 1 unspecified atom stereocenters. The molecular formula is C16H27N3O2. The second-order valence-electron chi connectivity index (χ2n) is 6.02. The first-order valence-corrected chi connectivity index (χ1v) is 7.96. The van der Waals surface area contributed by atoms with Crippen molar-refractivity contribution in [3.8, 4) is 0 Å². The summed E-state index contributed by atoms with van der Waals surface area (Å²) in [6.45, 7) is 7.06. The summed E-state index contributed by atoms with van der Waals surface area (Å²) < 4.78 is 5.70. The van der Waals surface area contributed by atoms with Gasteiger partial charge in [-0.2, -0.15) is 0 Å². The van der Waals surface area contributed by atoms with Crippen LogP contribution in [0.1, 0.15) is 60.9 Å². The van der Waals surface area contributed by atoms with Gasteiger partial charge in [-0.25, -0.2) is 5.84 Å². The van der Waals surface area contributed by atoms with Crippen LogP contribution in [0.2, 0.25) is 0 Å². The van der Waals surface area contributed by atoms with Crippen LogP contribution in [0.4, 0.5) is 0 Å². The zero-order valence-corrected chi connectivity index (χ0v) is 13.2. The van der Waals surface area contributed by atoms with Crippen molar-refractivity contribution in [1.29, 1.82) is 0 Å². The van der Waals surface area contributed by atoms with Gasteiger partial charge in [-0.1, -0.05) is 19.8 Å². The molecule has 0 aliphatic carbocycles. The van der Waals surface area contributed by atoms with Gasteiger partial charge in [0.1, 0.15) is 11.5 Å². The summed E-state index contributed by atoms with van der Waals surface area (Å²) in [6.07, 6.45) is 6.47. The maximum Gasteiger partial charge on any atom is 0.268 e. The summed E-state index contributed by atoms with van der Waals surface area (Å²) in [6, 6.07) is 1.81. The van der Waals surface area contributed by atoms with Crippen molar-refractivity contribution in [1.82, 2.24) is 10.3 Å². The van der Waals surface area contributed by atoms with Crippen LogP contribution in [0.25, 0.3) is 0 Å². The summed E-state index contributed by atoms with van der Waals surface area (Å²) in [4.78, 5) is 14.0. The van der Waals surface area contributed by atoms with Crippen molar-refractivity contribution in [2.45, 2.75) is 52.5 Å². The highest BCUT2D eigenvalue weighted by molar-refractivity contribution is 5.94. The highest BCUT2D eigenvalue weighted by Gasteiger charge is 2.19. The van der Waals surface area contributed by atoms with Crippen LogP contribution >= 0.6 is 0 Å². The third-order valence-corrected chi connectivity index (χ3v) is 4.36. The maximum absolute atomic E-state index is 11.6. The lowest BCUT2D eigenvalue weighted by Crippen LogP contribution is -2.30. The Bertz CT molecular complexity index is 470. The van der Waals surface area contributed by atoms with Gasteiger partial charge in [0.05, 0.1) is 12.1 Å². The Morgan fingerprint density at radius 1 is 1.48 bits per heavy atom. The molecule has 2 rings (SSSR count). The number of nitrogens with one attached hydrogen (secondary N) is 1. The zero-order valence-electron chi connectivity index (χ0n) is 13.2. The van der Waals surface area contributed by atoms with E-state index in [2.05, 4.69) is 17.2 Å². The van der Waals surface area contributed by atoms with Crippen molar-refractivity contribution in [3.63, 3.8) is 0 Å². The van der Waals surface area contributed by atoms with E-state index in [1.807, 2.05) is 6.07 Å². The van der Waals surface area contributed by atoms with Crippen molar-refractivity contribution >= 4 is 5.91 Å². The van der Waals surface area contributed by atoms with Crippen LogP contribution in [0.3, 0.4) is 0 Å². The molecule has 1 aliphatic rings. The molecule has 5 nitrogen and oxygen atoms in total. The molecular weight excluding hydrogens is 266 g/mol. The van der Waals surface area contributed by atoms with E-state index in [0.717, 1.165) is 31.3 Å². The van der Waals surface area contributed by atoms with Crippen molar-refractivity contribution in [2.75, 3.05) is 13.1 Å². The first kappa shape index (κ1) is 16.0. The first-order valence-electron chi connectivity index (χ1n) is 7.96. The number of carbonyl (C=O) groups excluding carboxylic acids is 1. The van der Waals surface area contributed by atoms with Gasteiger partial charge < -0.3 is 4.42 Å². The fraction of sp³-hybridized carbons (Fsp3) is 0.688. The normalized spacial score (nSPS) is 20.2. The number of furan rings is 1. The topological polar surface area (TPSA) is 71.5 Å². The predicted molar refractivity (Wildman–Crippen MR) is 82.6 cm³/mol. The molecule has 0 saturated carbocycles. The molecule has 3 N–H and O–H groups in total. The molecule has 0 bridgehead atoms. The molecule has 1 saturated heterocycles. The van der Waals surface area contributed by atoms with Gasteiger partial charge in [0, 0.05) is 0 Å². The summed E-state index contributed by atoms with van der Waals surface area (Å²) >= 11 is 0. The van der Waals surface area contributed by atoms with Crippen molar-refractivity contribution < 1.29 is 9.21 Å². The molecule has 0 spiro atoms. The average Bonchev–Trinajstić information content (AvgIpc) is 2.69. The number of hydrogen-bond acceptors (Lipinski definition) is 4. The molecule has 2 heterocycles. The van der Waals surface area contributed by atoms with E-state index in [1.54, 1.807) is 6.92 Å². The third kappa shape index (κ3) is 4.32. The number of nitrogens with two attached hydrogens (primary N) is 1. The van der Waals surface area contributed by atoms with Gasteiger partial charge in [-0.15, -0.1) is 0 Å². The number of aryl methyl sites for hydroxylation is 1. The number of likely N-dealkylation sites (tertiary alicyclic amines) is 1. The fourth-order valence-corrected chi connectivity index (χ4v) is 3.23. The van der Waals surface area contributed by atoms with Gasteiger partial charge in [0.2, 0.25) is 0 Å². The minimum atomic E-state index is -0.290. The van der Waals surface area contributed by atoms with E-state index in [-0.39, 0.29) is 5.91 Å². The fourth-order valence-electron chi connectivity index (χ4n) is 3.23. The summed E-state index contributed by atoms with van der Waals surface area (Å²) in [5, 5.41) is 0. The van der Waals surface area contributed by atoms with E-state index in [0.29, 0.717) is 11.3 Å². The lowest BCUT2D eigenvalue weighted by Gasteiger charge is -2.18. The zero-order chi connectivity index (χ0) is 15.2. The number of nitrogen functional groups attached to an aromatic ring is 1. The van der Waals surface area contributed by atoms with Gasteiger partial charge in [0.15, 0.2) is 0 Å². The monoisotopic (exact) mass is 293 g/mol. The number of carbonyl (C=O) groups is 1. The van der Waals surface area contributed by atoms with E-state index in [9.17, 15) is 4.79 Å². The first-order chi connectivity index (χ1) is 10.1. The minimum absolute atomic E-state index is 0.290. The molecule has 1 aromatic heterocycles. The summed E-state index contributed by atoms with van der Waals surface area (Å²) in [5.41, 5.74) is 2.69. The highest BCUT2D eigenvalue weighted by atomic mass is 16.3. The van der Waals surface area contributed by atoms with Crippen LogP contribution in [0.15, 0.2) is 10.5 Å². The second kappa shape index (κ2) is 7.61. The lowest BCUT2D eigenvalue weighted by atomic mass is 9.96. The molecule has 1 aromatic rings. The van der Waals surface area contributed by atoms with Crippen LogP contribution in [-0.4, -0.2) is 23.9 Å². The van der Waals surface area contributed by atoms with Gasteiger partial charge >= 0.3 is 0 Å². The summed E-state index contributed by atoms with van der Waals surface area (Å²) in [5.74, 6) is 7.24. The largest absolute Gasteiger partial charge is 0.464 e. The Kier molecular flexibility index (Phi) is 5.82. The molecule has 0 radical (unpaired) electrons. The Balaban J connectivity index is 1.94. The Hall–Kier alpha value is -1.33. The lowest BCUT2D eigenvalue weighted by molar-refractivity contribution is 0.0952. The van der Waals surface area contributed by atoms with E-state index in [1.165, 1.54) is 32.1 Å². The number of rotatable bonds is 5. The quantitative estimate of drug-likeness (QED) is 0.497. The second-order valence-corrected chi connectivity index (χ2v) is 6.02. The highest BCUT2D eigenvalue weighted by Crippen LogP contribution is 2.24. The molecule has 1 atom stereocenters. The molecule has 1 fully saturated rings. The number of nitrogens with zero attached hydrogens (tertiary/aromatic N) is 1. The number of amides is 1. The summed E-state index contributed by atoms with van der Waals surface area (Å²) in [7, 11) is 0. The van der Waals surface area contributed by atoms with E-state index < -0.39 is 0 Å². The molecule has 1 aliphatic heterocycles. The smallest absolute Gasteiger partial charge is 0.268 e. The number of hydrazine groups is 1. The van der Waals surface area contributed by atoms with Crippen molar-refractivity contribution in [2.24, 2.45) is 11.8 Å².